The molecule has 2 amide bonds. The summed E-state index contributed by atoms with van der Waals surface area (Å²) in [5.41, 5.74) is 2.86. The van der Waals surface area contributed by atoms with Gasteiger partial charge in [-0.2, -0.15) is 0 Å². The molecule has 0 saturated carbocycles. The summed E-state index contributed by atoms with van der Waals surface area (Å²) in [5, 5.41) is 2.87. The van der Waals surface area contributed by atoms with Gasteiger partial charge in [-0.3, -0.25) is 9.59 Å². The maximum atomic E-state index is 12.8. The highest BCUT2D eigenvalue weighted by Gasteiger charge is 2.37. The molecule has 1 N–H and O–H groups in total. The van der Waals surface area contributed by atoms with E-state index in [1.807, 2.05) is 30.3 Å². The zero-order valence-corrected chi connectivity index (χ0v) is 16.5. The Morgan fingerprint density at radius 3 is 2.54 bits per heavy atom. The lowest BCUT2D eigenvalue weighted by Gasteiger charge is -2.17. The number of amides is 2. The third kappa shape index (κ3) is 4.11. The number of carbonyl (C=O) groups is 2. The predicted octanol–water partition coefficient (Wildman–Crippen LogP) is 2.94. The van der Waals surface area contributed by atoms with Crippen molar-refractivity contribution in [3.05, 3.63) is 53.6 Å². The standard InChI is InChI=1S/C22H26N2O4/c1-4-15-5-7-17(8-6-15)24-12-11-19(22(24)26)21(25)23-14-16-13-18(27-2)9-10-20(16)28-3/h5-10,13,19H,4,11-12,14H2,1-3H3,(H,23,25)/t19-/m1/s1. The molecule has 1 aliphatic rings. The van der Waals surface area contributed by atoms with Crippen LogP contribution in [0.15, 0.2) is 42.5 Å². The summed E-state index contributed by atoms with van der Waals surface area (Å²) in [6, 6.07) is 13.3. The van der Waals surface area contributed by atoms with Gasteiger partial charge in [0.05, 0.1) is 14.2 Å². The van der Waals surface area contributed by atoms with Gasteiger partial charge in [-0.1, -0.05) is 19.1 Å². The van der Waals surface area contributed by atoms with Gasteiger partial charge in [-0.25, -0.2) is 0 Å². The van der Waals surface area contributed by atoms with Gasteiger partial charge in [-0.15, -0.1) is 0 Å². The second-order valence-electron chi connectivity index (χ2n) is 6.75. The molecule has 0 unspecified atom stereocenters. The van der Waals surface area contributed by atoms with Crippen molar-refractivity contribution in [2.75, 3.05) is 25.7 Å². The van der Waals surface area contributed by atoms with Crippen molar-refractivity contribution in [1.82, 2.24) is 5.32 Å². The zero-order chi connectivity index (χ0) is 20.1. The van der Waals surface area contributed by atoms with E-state index in [1.165, 1.54) is 5.56 Å². The van der Waals surface area contributed by atoms with E-state index in [1.54, 1.807) is 31.3 Å². The maximum absolute atomic E-state index is 12.8. The number of hydrogen-bond donors (Lipinski definition) is 1. The highest BCUT2D eigenvalue weighted by Crippen LogP contribution is 2.27. The van der Waals surface area contributed by atoms with Crippen LogP contribution in [0, 0.1) is 5.92 Å². The number of nitrogens with zero attached hydrogens (tertiary/aromatic N) is 1. The molecule has 1 aliphatic heterocycles. The molecular weight excluding hydrogens is 356 g/mol. The summed E-state index contributed by atoms with van der Waals surface area (Å²) in [6.45, 7) is 2.91. The number of methoxy groups -OCH3 is 2. The van der Waals surface area contributed by atoms with Gasteiger partial charge in [-0.05, 0) is 48.7 Å². The molecule has 0 spiro atoms. The van der Waals surface area contributed by atoms with Gasteiger partial charge in [0, 0.05) is 24.3 Å². The Balaban J connectivity index is 1.64. The summed E-state index contributed by atoms with van der Waals surface area (Å²) < 4.78 is 10.6. The van der Waals surface area contributed by atoms with Crippen LogP contribution in [0.25, 0.3) is 0 Å². The third-order valence-electron chi connectivity index (χ3n) is 5.12. The van der Waals surface area contributed by atoms with Gasteiger partial charge in [0.15, 0.2) is 0 Å². The van der Waals surface area contributed by atoms with Crippen LogP contribution in [0.3, 0.4) is 0 Å². The summed E-state index contributed by atoms with van der Waals surface area (Å²) >= 11 is 0. The third-order valence-corrected chi connectivity index (χ3v) is 5.12. The van der Waals surface area contributed by atoms with E-state index in [-0.39, 0.29) is 18.4 Å². The van der Waals surface area contributed by atoms with Crippen LogP contribution in [0.1, 0.15) is 24.5 Å². The van der Waals surface area contributed by atoms with E-state index in [0.29, 0.717) is 24.5 Å². The highest BCUT2D eigenvalue weighted by molar-refractivity contribution is 6.09. The zero-order valence-electron chi connectivity index (χ0n) is 16.5. The van der Waals surface area contributed by atoms with E-state index in [9.17, 15) is 9.59 Å². The van der Waals surface area contributed by atoms with Crippen LogP contribution in [-0.4, -0.2) is 32.6 Å². The van der Waals surface area contributed by atoms with Gasteiger partial charge in [0.2, 0.25) is 11.8 Å². The van der Waals surface area contributed by atoms with Crippen LogP contribution in [0.2, 0.25) is 0 Å². The minimum Gasteiger partial charge on any atom is -0.497 e. The van der Waals surface area contributed by atoms with Crippen LogP contribution < -0.4 is 19.7 Å². The summed E-state index contributed by atoms with van der Waals surface area (Å²) in [6.07, 6.45) is 1.46. The first-order chi connectivity index (χ1) is 13.6. The molecule has 1 saturated heterocycles. The molecule has 0 radical (unpaired) electrons. The Hall–Kier alpha value is -3.02. The van der Waals surface area contributed by atoms with E-state index in [0.717, 1.165) is 17.7 Å². The fourth-order valence-corrected chi connectivity index (χ4v) is 3.42. The molecule has 2 aromatic rings. The molecule has 1 fully saturated rings. The van der Waals surface area contributed by atoms with E-state index in [2.05, 4.69) is 12.2 Å². The topological polar surface area (TPSA) is 67.9 Å². The number of anilines is 1. The predicted molar refractivity (Wildman–Crippen MR) is 108 cm³/mol. The van der Waals surface area contributed by atoms with E-state index < -0.39 is 5.92 Å². The monoisotopic (exact) mass is 382 g/mol. The fourth-order valence-electron chi connectivity index (χ4n) is 3.42. The largest absolute Gasteiger partial charge is 0.497 e. The van der Waals surface area contributed by atoms with Crippen LogP contribution in [0.5, 0.6) is 11.5 Å². The Morgan fingerprint density at radius 2 is 1.89 bits per heavy atom. The lowest BCUT2D eigenvalue weighted by molar-refractivity contribution is -0.132. The van der Waals surface area contributed by atoms with Crippen LogP contribution >= 0.6 is 0 Å². The molecule has 1 heterocycles. The number of ether oxygens (including phenoxy) is 2. The number of hydrogen-bond acceptors (Lipinski definition) is 4. The molecule has 2 aromatic carbocycles. The minimum atomic E-state index is -0.664. The molecule has 1 atom stereocenters. The van der Waals surface area contributed by atoms with Gasteiger partial charge in [0.1, 0.15) is 17.4 Å². The van der Waals surface area contributed by atoms with Crippen LogP contribution in [0.4, 0.5) is 5.69 Å². The average Bonchev–Trinajstić information content (AvgIpc) is 3.13. The second kappa shape index (κ2) is 8.78. The normalized spacial score (nSPS) is 16.2. The SMILES string of the molecule is CCc1ccc(N2CC[C@H](C(=O)NCc3cc(OC)ccc3OC)C2=O)cc1. The number of benzene rings is 2. The molecular formula is C22H26N2O4. The molecule has 6 nitrogen and oxygen atoms in total. The lowest BCUT2D eigenvalue weighted by atomic mass is 10.1. The first-order valence-electron chi connectivity index (χ1n) is 9.46. The Kier molecular flexibility index (Phi) is 6.19. The van der Waals surface area contributed by atoms with Gasteiger partial charge in [0.25, 0.3) is 0 Å². The molecule has 0 aromatic heterocycles. The Labute approximate surface area is 165 Å². The molecule has 148 valence electrons. The molecule has 3 rings (SSSR count). The van der Waals surface area contributed by atoms with Crippen molar-refractivity contribution < 1.29 is 19.1 Å². The number of rotatable bonds is 7. The minimum absolute atomic E-state index is 0.153. The highest BCUT2D eigenvalue weighted by atomic mass is 16.5. The van der Waals surface area contributed by atoms with E-state index in [4.69, 9.17) is 9.47 Å². The summed E-state index contributed by atoms with van der Waals surface area (Å²) in [4.78, 5) is 27.1. The summed E-state index contributed by atoms with van der Waals surface area (Å²) in [5.74, 6) is 0.268. The first-order valence-corrected chi connectivity index (χ1v) is 9.46. The number of aryl methyl sites for hydroxylation is 1. The van der Waals surface area contributed by atoms with Crippen molar-refractivity contribution in [3.63, 3.8) is 0 Å². The molecule has 0 aliphatic carbocycles. The smallest absolute Gasteiger partial charge is 0.239 e. The van der Waals surface area contributed by atoms with Gasteiger partial charge >= 0.3 is 0 Å². The molecule has 0 bridgehead atoms. The van der Waals surface area contributed by atoms with Crippen LogP contribution in [-0.2, 0) is 22.6 Å². The second-order valence-corrected chi connectivity index (χ2v) is 6.75. The van der Waals surface area contributed by atoms with Crippen molar-refractivity contribution in [3.8, 4) is 11.5 Å². The maximum Gasteiger partial charge on any atom is 0.239 e. The number of nitrogens with one attached hydrogen (secondary N) is 1. The lowest BCUT2D eigenvalue weighted by Crippen LogP contribution is -2.36. The molecule has 6 heteroatoms. The van der Waals surface area contributed by atoms with E-state index >= 15 is 0 Å². The fraction of sp³-hybridized carbons (Fsp3) is 0.364. The first kappa shape index (κ1) is 19.7. The van der Waals surface area contributed by atoms with Crippen molar-refractivity contribution in [1.29, 1.82) is 0 Å². The van der Waals surface area contributed by atoms with Gasteiger partial charge < -0.3 is 19.7 Å². The quantitative estimate of drug-likeness (QED) is 0.748. The van der Waals surface area contributed by atoms with Crippen molar-refractivity contribution >= 4 is 17.5 Å². The summed E-state index contributed by atoms with van der Waals surface area (Å²) in [7, 11) is 3.16. The Bertz CT molecular complexity index is 848. The average molecular weight is 382 g/mol. The molecule has 28 heavy (non-hydrogen) atoms. The van der Waals surface area contributed by atoms with Crippen molar-refractivity contribution in [2.24, 2.45) is 5.92 Å². The number of carbonyl (C=O) groups excluding carboxylic acids is 2. The Morgan fingerprint density at radius 1 is 1.14 bits per heavy atom. The van der Waals surface area contributed by atoms with Crippen molar-refractivity contribution in [2.45, 2.75) is 26.3 Å².